The highest BCUT2D eigenvalue weighted by molar-refractivity contribution is 5.89. The molecule has 0 aliphatic heterocycles. The molecule has 1 aromatic rings. The Morgan fingerprint density at radius 2 is 1.97 bits per heavy atom. The molecule has 2 fully saturated rings. The molecule has 2 saturated carbocycles. The smallest absolute Gasteiger partial charge is 0.338 e. The molecule has 0 bridgehead atoms. The van der Waals surface area contributed by atoms with Gasteiger partial charge in [0.1, 0.15) is 6.10 Å². The monoisotopic (exact) mass is 398 g/mol. The molecule has 1 aromatic carbocycles. The average Bonchev–Trinajstić information content (AvgIpc) is 3.06. The Bertz CT molecular complexity index is 708. The Hall–Kier alpha value is -1.61. The zero-order valence-corrected chi connectivity index (χ0v) is 18.8. The fourth-order valence-electron chi connectivity index (χ4n) is 5.73. The van der Waals surface area contributed by atoms with Gasteiger partial charge in [0.05, 0.1) is 11.2 Å². The summed E-state index contributed by atoms with van der Waals surface area (Å²) in [4.78, 5) is 12.6. The van der Waals surface area contributed by atoms with E-state index in [0.717, 1.165) is 25.7 Å². The van der Waals surface area contributed by atoms with Crippen LogP contribution in [0.5, 0.6) is 0 Å². The first-order valence-corrected chi connectivity index (χ1v) is 11.2. The number of hydrogen-bond donors (Lipinski definition) is 0. The Balaban J connectivity index is 1.66. The number of hydrogen-bond acceptors (Lipinski definition) is 3. The van der Waals surface area contributed by atoms with E-state index in [9.17, 15) is 4.79 Å². The molecule has 2 aliphatic rings. The van der Waals surface area contributed by atoms with Gasteiger partial charge in [-0.05, 0) is 81.8 Å². The van der Waals surface area contributed by atoms with Gasteiger partial charge < -0.3 is 9.47 Å². The van der Waals surface area contributed by atoms with Gasteiger partial charge in [0, 0.05) is 13.0 Å². The predicted octanol–water partition coefficient (Wildman–Crippen LogP) is 6.44. The van der Waals surface area contributed by atoms with Crippen LogP contribution in [0.4, 0.5) is 0 Å². The van der Waals surface area contributed by atoms with E-state index in [0.29, 0.717) is 23.3 Å². The van der Waals surface area contributed by atoms with Gasteiger partial charge in [0.15, 0.2) is 0 Å². The predicted molar refractivity (Wildman–Crippen MR) is 118 cm³/mol. The van der Waals surface area contributed by atoms with Gasteiger partial charge in [-0.25, -0.2) is 4.79 Å². The molecular weight excluding hydrogens is 360 g/mol. The molecule has 3 nitrogen and oxygen atoms in total. The second kappa shape index (κ2) is 9.04. The summed E-state index contributed by atoms with van der Waals surface area (Å²) in [7, 11) is 1.78. The fourth-order valence-corrected chi connectivity index (χ4v) is 5.73. The van der Waals surface area contributed by atoms with Crippen molar-refractivity contribution in [2.75, 3.05) is 7.11 Å². The van der Waals surface area contributed by atoms with Crippen molar-refractivity contribution in [2.45, 2.75) is 77.9 Å². The number of benzene rings is 1. The molecule has 0 saturated heterocycles. The van der Waals surface area contributed by atoms with Crippen molar-refractivity contribution in [2.24, 2.45) is 23.2 Å². The number of allylic oxidation sites excluding steroid dienone is 1. The number of fused-ring (bicyclic) bond motifs is 1. The molecule has 5 atom stereocenters. The van der Waals surface area contributed by atoms with Gasteiger partial charge in [-0.1, -0.05) is 44.2 Å². The summed E-state index contributed by atoms with van der Waals surface area (Å²) in [6, 6.07) is 9.41. The molecule has 0 unspecified atom stereocenters. The lowest BCUT2D eigenvalue weighted by molar-refractivity contribution is -0.0444. The maximum absolute atomic E-state index is 12.6. The SMILES string of the molecule is COC(C)(C)C/C=C/[C@H](C)[C@H]1CC[C@H]2[C@@H](OC(=O)c3ccccc3)CCC[C@]12C. The van der Waals surface area contributed by atoms with Crippen molar-refractivity contribution in [3.05, 3.63) is 48.0 Å². The van der Waals surface area contributed by atoms with Crippen LogP contribution in [-0.2, 0) is 9.47 Å². The third-order valence-electron chi connectivity index (χ3n) is 7.64. The summed E-state index contributed by atoms with van der Waals surface area (Å²) >= 11 is 0. The molecule has 0 heterocycles. The van der Waals surface area contributed by atoms with Crippen LogP contribution in [0.25, 0.3) is 0 Å². The molecule has 3 heteroatoms. The second-order valence-corrected chi connectivity index (χ2v) is 9.95. The molecule has 0 aromatic heterocycles. The molecule has 160 valence electrons. The number of ether oxygens (including phenoxy) is 2. The molecule has 3 rings (SSSR count). The van der Waals surface area contributed by atoms with Gasteiger partial charge in [-0.15, -0.1) is 0 Å². The van der Waals surface area contributed by atoms with Crippen LogP contribution in [0.2, 0.25) is 0 Å². The van der Waals surface area contributed by atoms with Crippen LogP contribution in [0.1, 0.15) is 76.6 Å². The minimum Gasteiger partial charge on any atom is -0.458 e. The van der Waals surface area contributed by atoms with E-state index >= 15 is 0 Å². The average molecular weight is 399 g/mol. The third-order valence-corrected chi connectivity index (χ3v) is 7.64. The number of methoxy groups -OCH3 is 1. The van der Waals surface area contributed by atoms with Crippen molar-refractivity contribution < 1.29 is 14.3 Å². The van der Waals surface area contributed by atoms with Gasteiger partial charge in [0.25, 0.3) is 0 Å². The third kappa shape index (κ3) is 4.94. The van der Waals surface area contributed by atoms with Crippen molar-refractivity contribution in [3.63, 3.8) is 0 Å². The Morgan fingerprint density at radius 3 is 2.66 bits per heavy atom. The van der Waals surface area contributed by atoms with Gasteiger partial charge in [0.2, 0.25) is 0 Å². The van der Waals surface area contributed by atoms with Crippen LogP contribution in [0, 0.1) is 23.2 Å². The summed E-state index contributed by atoms with van der Waals surface area (Å²) in [5, 5.41) is 0. The summed E-state index contributed by atoms with van der Waals surface area (Å²) in [5.41, 5.74) is 0.798. The van der Waals surface area contributed by atoms with E-state index in [-0.39, 0.29) is 23.1 Å². The maximum Gasteiger partial charge on any atom is 0.338 e. The highest BCUT2D eigenvalue weighted by Crippen LogP contribution is 2.58. The number of rotatable bonds is 7. The topological polar surface area (TPSA) is 35.5 Å². The van der Waals surface area contributed by atoms with E-state index in [2.05, 4.69) is 39.8 Å². The number of carbonyl (C=O) groups is 1. The molecule has 0 radical (unpaired) electrons. The Labute approximate surface area is 176 Å². The summed E-state index contributed by atoms with van der Waals surface area (Å²) in [6.07, 6.45) is 11.4. The fraction of sp³-hybridized carbons (Fsp3) is 0.654. The van der Waals surface area contributed by atoms with Crippen LogP contribution in [0.3, 0.4) is 0 Å². The zero-order chi connectivity index (χ0) is 21.1. The lowest BCUT2D eigenvalue weighted by atomic mass is 9.62. The Kier molecular flexibility index (Phi) is 6.88. The highest BCUT2D eigenvalue weighted by Gasteiger charge is 2.53. The van der Waals surface area contributed by atoms with Gasteiger partial charge in [-0.2, -0.15) is 0 Å². The normalized spacial score (nSPS) is 30.9. The Morgan fingerprint density at radius 1 is 1.24 bits per heavy atom. The van der Waals surface area contributed by atoms with Crippen LogP contribution >= 0.6 is 0 Å². The van der Waals surface area contributed by atoms with E-state index in [1.54, 1.807) is 7.11 Å². The first-order valence-electron chi connectivity index (χ1n) is 11.2. The summed E-state index contributed by atoms with van der Waals surface area (Å²) < 4.78 is 11.6. The number of esters is 1. The van der Waals surface area contributed by atoms with Crippen molar-refractivity contribution in [1.82, 2.24) is 0 Å². The standard InChI is InChI=1S/C26H38O3/c1-19(11-9-17-25(2,3)28-5)21-15-16-22-23(14-10-18-26(21,22)4)29-24(27)20-12-7-6-8-13-20/h6-9,11-13,19,21-23H,10,14-18H2,1-5H3/b11-9+/t19-,21+,22-,23-,26+/m0/s1. The van der Waals surface area contributed by atoms with Gasteiger partial charge >= 0.3 is 5.97 Å². The van der Waals surface area contributed by atoms with Crippen molar-refractivity contribution >= 4 is 5.97 Å². The summed E-state index contributed by atoms with van der Waals surface area (Å²) in [6.45, 7) is 9.05. The molecular formula is C26H38O3. The minimum absolute atomic E-state index is 0.0510. The number of carbonyl (C=O) groups excluding carboxylic acids is 1. The molecule has 0 amide bonds. The van der Waals surface area contributed by atoms with Crippen LogP contribution < -0.4 is 0 Å². The van der Waals surface area contributed by atoms with Crippen molar-refractivity contribution in [3.8, 4) is 0 Å². The summed E-state index contributed by atoms with van der Waals surface area (Å²) in [5.74, 6) is 1.48. The highest BCUT2D eigenvalue weighted by atomic mass is 16.5. The first-order chi connectivity index (χ1) is 13.8. The maximum atomic E-state index is 12.6. The largest absolute Gasteiger partial charge is 0.458 e. The minimum atomic E-state index is -0.168. The lowest BCUT2D eigenvalue weighted by Gasteiger charge is -2.45. The van der Waals surface area contributed by atoms with Crippen LogP contribution in [0.15, 0.2) is 42.5 Å². The van der Waals surface area contributed by atoms with Crippen molar-refractivity contribution in [1.29, 1.82) is 0 Å². The molecule has 0 spiro atoms. The zero-order valence-electron chi connectivity index (χ0n) is 18.8. The van der Waals surface area contributed by atoms with Crippen LogP contribution in [-0.4, -0.2) is 24.8 Å². The van der Waals surface area contributed by atoms with Gasteiger partial charge in [-0.3, -0.25) is 0 Å². The van der Waals surface area contributed by atoms with E-state index in [1.807, 2.05) is 30.3 Å². The quantitative estimate of drug-likeness (QED) is 0.392. The molecule has 2 aliphatic carbocycles. The molecule has 0 N–H and O–H groups in total. The van der Waals surface area contributed by atoms with E-state index in [1.165, 1.54) is 12.8 Å². The molecule has 29 heavy (non-hydrogen) atoms. The second-order valence-electron chi connectivity index (χ2n) is 9.95. The lowest BCUT2D eigenvalue weighted by Crippen LogP contribution is -2.43. The first kappa shape index (κ1) is 22.1. The van der Waals surface area contributed by atoms with E-state index in [4.69, 9.17) is 9.47 Å². The van der Waals surface area contributed by atoms with E-state index < -0.39 is 0 Å².